The molecular formula is C20H25N5O4. The average Bonchev–Trinajstić information content (AvgIpc) is 2.73. The van der Waals surface area contributed by atoms with Gasteiger partial charge in [0.15, 0.2) is 0 Å². The quantitative estimate of drug-likeness (QED) is 0.457. The maximum absolute atomic E-state index is 12.0. The number of anilines is 1. The van der Waals surface area contributed by atoms with Crippen molar-refractivity contribution in [2.24, 2.45) is 5.92 Å². The van der Waals surface area contributed by atoms with Gasteiger partial charge in [-0.2, -0.15) is 15.8 Å². The van der Waals surface area contributed by atoms with Gasteiger partial charge in [0.1, 0.15) is 6.04 Å². The van der Waals surface area contributed by atoms with E-state index in [4.69, 9.17) is 24.7 Å². The predicted molar refractivity (Wildman–Crippen MR) is 104 cm³/mol. The van der Waals surface area contributed by atoms with Crippen molar-refractivity contribution in [2.45, 2.75) is 18.9 Å². The van der Waals surface area contributed by atoms with E-state index in [2.05, 4.69) is 10.6 Å². The normalized spacial score (nSPS) is 11.1. The molecule has 2 amide bonds. The zero-order valence-corrected chi connectivity index (χ0v) is 16.2. The molecule has 0 aliphatic carbocycles. The number of urea groups is 1. The van der Waals surface area contributed by atoms with Crippen molar-refractivity contribution < 1.29 is 19.0 Å². The van der Waals surface area contributed by atoms with E-state index < -0.39 is 12.1 Å². The molecule has 0 aliphatic rings. The van der Waals surface area contributed by atoms with E-state index in [-0.39, 0.29) is 19.1 Å². The lowest BCUT2D eigenvalue weighted by molar-refractivity contribution is -0.00510. The Morgan fingerprint density at radius 3 is 2.03 bits per heavy atom. The number of carbonyl (C=O) groups excluding carboxylic acids is 1. The van der Waals surface area contributed by atoms with Gasteiger partial charge < -0.3 is 24.8 Å². The first-order valence-electron chi connectivity index (χ1n) is 9.19. The highest BCUT2D eigenvalue weighted by molar-refractivity contribution is 5.89. The SMILES string of the molecule is N#CCCOCC(COCCC#N)COCC(C#N)NC(=O)Nc1ccccc1. The summed E-state index contributed by atoms with van der Waals surface area (Å²) in [6.45, 7) is 1.53. The molecule has 0 radical (unpaired) electrons. The highest BCUT2D eigenvalue weighted by Gasteiger charge is 2.15. The minimum atomic E-state index is -0.821. The lowest BCUT2D eigenvalue weighted by Crippen LogP contribution is -2.40. The molecule has 1 aromatic carbocycles. The minimum absolute atomic E-state index is 0.00556. The predicted octanol–water partition coefficient (Wildman–Crippen LogP) is 2.19. The summed E-state index contributed by atoms with van der Waals surface area (Å²) in [6.07, 6.45) is 0.583. The third-order valence-electron chi connectivity index (χ3n) is 3.55. The highest BCUT2D eigenvalue weighted by atomic mass is 16.5. The van der Waals surface area contributed by atoms with E-state index in [1.807, 2.05) is 24.3 Å². The summed E-state index contributed by atoms with van der Waals surface area (Å²) in [5, 5.41) is 31.5. The van der Waals surface area contributed by atoms with E-state index in [0.29, 0.717) is 45.0 Å². The van der Waals surface area contributed by atoms with Crippen LogP contribution in [0.3, 0.4) is 0 Å². The van der Waals surface area contributed by atoms with Gasteiger partial charge >= 0.3 is 6.03 Å². The topological polar surface area (TPSA) is 140 Å². The highest BCUT2D eigenvalue weighted by Crippen LogP contribution is 2.05. The van der Waals surface area contributed by atoms with Gasteiger partial charge in [-0.25, -0.2) is 4.79 Å². The molecule has 0 spiro atoms. The molecular weight excluding hydrogens is 374 g/mol. The number of carbonyl (C=O) groups is 1. The molecule has 154 valence electrons. The van der Waals surface area contributed by atoms with Crippen LogP contribution in [0.1, 0.15) is 12.8 Å². The molecule has 1 rings (SSSR count). The van der Waals surface area contributed by atoms with Crippen LogP contribution >= 0.6 is 0 Å². The minimum Gasteiger partial charge on any atom is -0.380 e. The van der Waals surface area contributed by atoms with Crippen molar-refractivity contribution in [3.05, 3.63) is 30.3 Å². The number of benzene rings is 1. The van der Waals surface area contributed by atoms with Crippen LogP contribution in [0.5, 0.6) is 0 Å². The molecule has 0 bridgehead atoms. The van der Waals surface area contributed by atoms with Gasteiger partial charge in [0, 0.05) is 11.6 Å². The molecule has 0 aliphatic heterocycles. The molecule has 9 heteroatoms. The number of amides is 2. The Labute approximate surface area is 170 Å². The Bertz CT molecular complexity index is 686. The Hall–Kier alpha value is -3.16. The Kier molecular flexibility index (Phi) is 13.1. The number of nitriles is 3. The molecule has 2 N–H and O–H groups in total. The van der Waals surface area contributed by atoms with Crippen molar-refractivity contribution in [3.63, 3.8) is 0 Å². The van der Waals surface area contributed by atoms with E-state index >= 15 is 0 Å². The lowest BCUT2D eigenvalue weighted by Gasteiger charge is -2.18. The smallest absolute Gasteiger partial charge is 0.320 e. The van der Waals surface area contributed by atoms with Gasteiger partial charge in [-0.05, 0) is 12.1 Å². The zero-order valence-electron chi connectivity index (χ0n) is 16.2. The first-order chi connectivity index (χ1) is 14.2. The third kappa shape index (κ3) is 12.0. The summed E-state index contributed by atoms with van der Waals surface area (Å²) in [7, 11) is 0. The Balaban J connectivity index is 2.37. The molecule has 0 saturated carbocycles. The van der Waals surface area contributed by atoms with Gasteiger partial charge in [0.25, 0.3) is 0 Å². The fourth-order valence-corrected chi connectivity index (χ4v) is 2.19. The fraction of sp³-hybridized carbons (Fsp3) is 0.500. The van der Waals surface area contributed by atoms with E-state index in [1.54, 1.807) is 24.3 Å². The molecule has 9 nitrogen and oxygen atoms in total. The van der Waals surface area contributed by atoms with Gasteiger partial charge in [-0.15, -0.1) is 0 Å². The Morgan fingerprint density at radius 1 is 0.897 bits per heavy atom. The van der Waals surface area contributed by atoms with Crippen LogP contribution in [0.15, 0.2) is 30.3 Å². The first-order valence-corrected chi connectivity index (χ1v) is 9.19. The number of para-hydroxylation sites is 1. The van der Waals surface area contributed by atoms with E-state index in [1.165, 1.54) is 0 Å². The second kappa shape index (κ2) is 15.9. The summed E-state index contributed by atoms with van der Waals surface area (Å²) < 4.78 is 16.4. The van der Waals surface area contributed by atoms with Crippen LogP contribution in [-0.4, -0.2) is 51.7 Å². The first kappa shape index (κ1) is 23.9. The standard InChI is InChI=1S/C20H25N5O4/c21-8-4-10-27-13-17(14-28-11-5-9-22)15-29-16-19(12-23)25-20(26)24-18-6-2-1-3-7-18/h1-3,6-7,17,19H,4-5,10-11,13-16H2,(H2,24,25,26). The van der Waals surface area contributed by atoms with Crippen LogP contribution in [-0.2, 0) is 14.2 Å². The summed E-state index contributed by atoms with van der Waals surface area (Å²) >= 11 is 0. The van der Waals surface area contributed by atoms with Gasteiger partial charge in [-0.1, -0.05) is 18.2 Å². The van der Waals surface area contributed by atoms with Crippen molar-refractivity contribution in [2.75, 3.05) is 45.0 Å². The molecule has 1 atom stereocenters. The second-order valence-corrected chi connectivity index (χ2v) is 6.02. The van der Waals surface area contributed by atoms with E-state index in [9.17, 15) is 10.1 Å². The summed E-state index contributed by atoms with van der Waals surface area (Å²) in [5.74, 6) is -0.120. The van der Waals surface area contributed by atoms with Gasteiger partial charge in [-0.3, -0.25) is 0 Å². The number of nitrogens with zero attached hydrogens (tertiary/aromatic N) is 3. The molecule has 0 aromatic heterocycles. The van der Waals surface area contributed by atoms with Gasteiger partial charge in [0.05, 0.1) is 70.7 Å². The summed E-state index contributed by atoms with van der Waals surface area (Å²) in [4.78, 5) is 12.0. The maximum Gasteiger partial charge on any atom is 0.320 e. The number of hydrogen-bond donors (Lipinski definition) is 2. The molecule has 0 saturated heterocycles. The summed E-state index contributed by atoms with van der Waals surface area (Å²) in [5.41, 5.74) is 0.617. The molecule has 29 heavy (non-hydrogen) atoms. The number of ether oxygens (including phenoxy) is 3. The number of hydrogen-bond acceptors (Lipinski definition) is 7. The van der Waals surface area contributed by atoms with Crippen LogP contribution in [0, 0.1) is 39.9 Å². The van der Waals surface area contributed by atoms with Crippen LogP contribution in [0.4, 0.5) is 10.5 Å². The monoisotopic (exact) mass is 399 g/mol. The second-order valence-electron chi connectivity index (χ2n) is 6.02. The average molecular weight is 399 g/mol. The number of rotatable bonds is 14. The molecule has 1 aromatic rings. The van der Waals surface area contributed by atoms with Crippen LogP contribution in [0.2, 0.25) is 0 Å². The van der Waals surface area contributed by atoms with Crippen molar-refractivity contribution in [1.82, 2.24) is 5.32 Å². The largest absolute Gasteiger partial charge is 0.380 e. The van der Waals surface area contributed by atoms with Crippen molar-refractivity contribution in [1.29, 1.82) is 15.8 Å². The Morgan fingerprint density at radius 2 is 1.48 bits per heavy atom. The summed E-state index contributed by atoms with van der Waals surface area (Å²) in [6, 6.07) is 13.5. The maximum atomic E-state index is 12.0. The van der Waals surface area contributed by atoms with Crippen LogP contribution < -0.4 is 10.6 Å². The van der Waals surface area contributed by atoms with Crippen LogP contribution in [0.25, 0.3) is 0 Å². The van der Waals surface area contributed by atoms with Crippen molar-refractivity contribution in [3.8, 4) is 18.2 Å². The molecule has 1 unspecified atom stereocenters. The lowest BCUT2D eigenvalue weighted by atomic mass is 10.2. The fourth-order valence-electron chi connectivity index (χ4n) is 2.19. The molecule has 0 fully saturated rings. The van der Waals surface area contributed by atoms with Gasteiger partial charge in [0.2, 0.25) is 0 Å². The zero-order chi connectivity index (χ0) is 21.2. The number of nitrogens with one attached hydrogen (secondary N) is 2. The third-order valence-corrected chi connectivity index (χ3v) is 3.55. The van der Waals surface area contributed by atoms with E-state index in [0.717, 1.165) is 0 Å². The molecule has 0 heterocycles. The van der Waals surface area contributed by atoms with Crippen molar-refractivity contribution >= 4 is 11.7 Å².